The molecule has 7 nitrogen and oxygen atoms in total. The van der Waals surface area contributed by atoms with Crippen molar-refractivity contribution in [2.45, 2.75) is 44.8 Å². The minimum atomic E-state index is -0.100. The van der Waals surface area contributed by atoms with Crippen LogP contribution < -0.4 is 4.90 Å². The van der Waals surface area contributed by atoms with Gasteiger partial charge >= 0.3 is 0 Å². The third kappa shape index (κ3) is 2.95. The number of hydrogen-bond donors (Lipinski definition) is 0. The SMILES string of the molecule is Cc1nnc(N2C[C@@H](C(=O)N3CCCCO3)C[C@H]3OCC[C@H]32)s1. The van der Waals surface area contributed by atoms with Crippen molar-refractivity contribution in [3.8, 4) is 0 Å². The van der Waals surface area contributed by atoms with E-state index in [0.717, 1.165) is 42.4 Å². The van der Waals surface area contributed by atoms with Gasteiger partial charge in [0, 0.05) is 19.7 Å². The predicted octanol–water partition coefficient (Wildman–Crippen LogP) is 1.38. The smallest absolute Gasteiger partial charge is 0.251 e. The second-order valence-corrected chi connectivity index (χ2v) is 7.59. The van der Waals surface area contributed by atoms with Gasteiger partial charge in [0.1, 0.15) is 5.01 Å². The van der Waals surface area contributed by atoms with E-state index < -0.39 is 0 Å². The molecule has 8 heteroatoms. The molecular formula is C15H22N4O3S. The molecule has 3 atom stereocenters. The molecule has 0 N–H and O–H groups in total. The number of piperidine rings is 1. The van der Waals surface area contributed by atoms with Crippen molar-refractivity contribution in [2.24, 2.45) is 5.92 Å². The van der Waals surface area contributed by atoms with Crippen molar-refractivity contribution in [3.05, 3.63) is 5.01 Å². The number of rotatable bonds is 2. The highest BCUT2D eigenvalue weighted by Crippen LogP contribution is 2.36. The molecule has 23 heavy (non-hydrogen) atoms. The van der Waals surface area contributed by atoms with Crippen LogP contribution in [0.15, 0.2) is 0 Å². The topological polar surface area (TPSA) is 67.8 Å². The van der Waals surface area contributed by atoms with Gasteiger partial charge in [0.15, 0.2) is 0 Å². The van der Waals surface area contributed by atoms with Crippen LogP contribution in [0.2, 0.25) is 0 Å². The number of ether oxygens (including phenoxy) is 1. The molecule has 4 heterocycles. The van der Waals surface area contributed by atoms with Crippen molar-refractivity contribution in [1.29, 1.82) is 0 Å². The molecule has 0 unspecified atom stereocenters. The number of anilines is 1. The van der Waals surface area contributed by atoms with Crippen molar-refractivity contribution in [3.63, 3.8) is 0 Å². The summed E-state index contributed by atoms with van der Waals surface area (Å²) in [6, 6.07) is 0.314. The molecule has 0 aromatic carbocycles. The largest absolute Gasteiger partial charge is 0.376 e. The summed E-state index contributed by atoms with van der Waals surface area (Å²) < 4.78 is 5.89. The van der Waals surface area contributed by atoms with E-state index in [9.17, 15) is 4.79 Å². The third-order valence-electron chi connectivity index (χ3n) is 4.87. The average molecular weight is 338 g/mol. The van der Waals surface area contributed by atoms with E-state index >= 15 is 0 Å². The molecule has 3 fully saturated rings. The van der Waals surface area contributed by atoms with E-state index in [1.54, 1.807) is 16.4 Å². The maximum absolute atomic E-state index is 12.8. The van der Waals surface area contributed by atoms with Gasteiger partial charge in [-0.15, -0.1) is 10.2 Å². The Labute approximate surface area is 139 Å². The zero-order valence-electron chi connectivity index (χ0n) is 13.3. The quantitative estimate of drug-likeness (QED) is 0.812. The number of hydroxylamine groups is 2. The highest BCUT2D eigenvalue weighted by atomic mass is 32.1. The van der Waals surface area contributed by atoms with Crippen LogP contribution in [0.25, 0.3) is 0 Å². The molecule has 3 aliphatic rings. The lowest BCUT2D eigenvalue weighted by Gasteiger charge is -2.41. The first-order valence-electron chi connectivity index (χ1n) is 8.35. The van der Waals surface area contributed by atoms with Gasteiger partial charge in [-0.2, -0.15) is 0 Å². The zero-order valence-corrected chi connectivity index (χ0v) is 14.1. The van der Waals surface area contributed by atoms with Crippen LogP contribution in [0.5, 0.6) is 0 Å². The third-order valence-corrected chi connectivity index (χ3v) is 5.74. The molecule has 1 aromatic heterocycles. The summed E-state index contributed by atoms with van der Waals surface area (Å²) in [7, 11) is 0. The van der Waals surface area contributed by atoms with E-state index in [1.165, 1.54) is 0 Å². The summed E-state index contributed by atoms with van der Waals surface area (Å²) in [4.78, 5) is 20.6. The van der Waals surface area contributed by atoms with Gasteiger partial charge < -0.3 is 9.64 Å². The second-order valence-electron chi connectivity index (χ2n) is 6.43. The van der Waals surface area contributed by atoms with Crippen molar-refractivity contribution in [2.75, 3.05) is 31.2 Å². The first-order chi connectivity index (χ1) is 11.2. The Bertz CT molecular complexity index is 575. The van der Waals surface area contributed by atoms with Gasteiger partial charge in [-0.1, -0.05) is 11.3 Å². The fraction of sp³-hybridized carbons (Fsp3) is 0.800. The molecule has 0 saturated carbocycles. The number of aryl methyl sites for hydroxylation is 1. The monoisotopic (exact) mass is 338 g/mol. The first kappa shape index (κ1) is 15.3. The Morgan fingerprint density at radius 1 is 1.30 bits per heavy atom. The Hall–Kier alpha value is -1.25. The minimum Gasteiger partial charge on any atom is -0.376 e. The Morgan fingerprint density at radius 3 is 2.96 bits per heavy atom. The number of nitrogens with zero attached hydrogens (tertiary/aromatic N) is 4. The summed E-state index contributed by atoms with van der Waals surface area (Å²) in [5.74, 6) is -0.0125. The van der Waals surface area contributed by atoms with Gasteiger partial charge in [0.25, 0.3) is 5.91 Å². The van der Waals surface area contributed by atoms with Gasteiger partial charge in [-0.25, -0.2) is 5.06 Å². The van der Waals surface area contributed by atoms with Crippen molar-refractivity contribution in [1.82, 2.24) is 15.3 Å². The molecule has 0 bridgehead atoms. The van der Waals surface area contributed by atoms with E-state index in [-0.39, 0.29) is 17.9 Å². The number of carbonyl (C=O) groups excluding carboxylic acids is 1. The van der Waals surface area contributed by atoms with Crippen molar-refractivity contribution >= 4 is 22.4 Å². The highest BCUT2D eigenvalue weighted by molar-refractivity contribution is 7.15. The summed E-state index contributed by atoms with van der Waals surface area (Å²) in [6.07, 6.45) is 3.91. The molecule has 1 aromatic rings. The number of aromatic nitrogens is 2. The lowest BCUT2D eigenvalue weighted by atomic mass is 9.89. The van der Waals surface area contributed by atoms with Crippen LogP contribution in [-0.2, 0) is 14.4 Å². The van der Waals surface area contributed by atoms with Gasteiger partial charge in [-0.05, 0) is 32.6 Å². The van der Waals surface area contributed by atoms with Crippen LogP contribution in [0.4, 0.5) is 5.13 Å². The molecular weight excluding hydrogens is 316 g/mol. The van der Waals surface area contributed by atoms with E-state index in [2.05, 4.69) is 15.1 Å². The molecule has 1 amide bonds. The number of amides is 1. The summed E-state index contributed by atoms with van der Waals surface area (Å²) in [5.41, 5.74) is 0. The fourth-order valence-corrected chi connectivity index (χ4v) is 4.48. The first-order valence-corrected chi connectivity index (χ1v) is 9.16. The molecule has 3 saturated heterocycles. The highest BCUT2D eigenvalue weighted by Gasteiger charge is 2.44. The normalized spacial score (nSPS) is 31.3. The maximum Gasteiger partial charge on any atom is 0.251 e. The zero-order chi connectivity index (χ0) is 15.8. The summed E-state index contributed by atoms with van der Waals surface area (Å²) in [6.45, 7) is 4.73. The van der Waals surface area contributed by atoms with Crippen molar-refractivity contribution < 1.29 is 14.4 Å². The molecule has 0 radical (unpaired) electrons. The lowest BCUT2D eigenvalue weighted by Crippen LogP contribution is -2.54. The number of fused-ring (bicyclic) bond motifs is 1. The number of carbonyl (C=O) groups is 1. The molecule has 0 aliphatic carbocycles. The molecule has 126 valence electrons. The van der Waals surface area contributed by atoms with E-state index in [4.69, 9.17) is 9.57 Å². The van der Waals surface area contributed by atoms with E-state index in [1.807, 2.05) is 6.92 Å². The standard InChI is InChI=1S/C15H22N4O3S/c1-10-16-17-15(23-10)18-9-11(8-13-12(18)4-7-21-13)14(20)19-5-2-3-6-22-19/h11-13H,2-9H2,1H3/t11-,12+,13+/m0/s1. The van der Waals surface area contributed by atoms with Gasteiger partial charge in [0.2, 0.25) is 5.13 Å². The van der Waals surface area contributed by atoms with Gasteiger partial charge in [0.05, 0.1) is 24.7 Å². The predicted molar refractivity (Wildman–Crippen MR) is 85.1 cm³/mol. The fourth-order valence-electron chi connectivity index (χ4n) is 3.72. The summed E-state index contributed by atoms with van der Waals surface area (Å²) >= 11 is 1.58. The number of hydrogen-bond acceptors (Lipinski definition) is 7. The maximum atomic E-state index is 12.8. The molecule has 3 aliphatic heterocycles. The molecule has 0 spiro atoms. The average Bonchev–Trinajstić information content (AvgIpc) is 3.22. The summed E-state index contributed by atoms with van der Waals surface area (Å²) in [5, 5.41) is 11.8. The van der Waals surface area contributed by atoms with Gasteiger partial charge in [-0.3, -0.25) is 9.63 Å². The van der Waals surface area contributed by atoms with Crippen LogP contribution >= 0.6 is 11.3 Å². The Balaban J connectivity index is 1.53. The molecule has 4 rings (SSSR count). The van der Waals surface area contributed by atoms with Crippen LogP contribution in [0.1, 0.15) is 30.7 Å². The Morgan fingerprint density at radius 2 is 2.22 bits per heavy atom. The van der Waals surface area contributed by atoms with E-state index in [0.29, 0.717) is 25.7 Å². The van der Waals surface area contributed by atoms with Crippen LogP contribution in [0, 0.1) is 12.8 Å². The van der Waals surface area contributed by atoms with Crippen LogP contribution in [-0.4, -0.2) is 59.6 Å². The van der Waals surface area contributed by atoms with Crippen LogP contribution in [0.3, 0.4) is 0 Å². The lowest BCUT2D eigenvalue weighted by molar-refractivity contribution is -0.202. The Kier molecular flexibility index (Phi) is 4.21. The minimum absolute atomic E-state index is 0.0879. The second kappa shape index (κ2) is 6.33.